The van der Waals surface area contributed by atoms with Crippen molar-refractivity contribution in [3.63, 3.8) is 0 Å². The minimum Gasteiger partial charge on any atom is -0.379 e. The molecule has 0 radical (unpaired) electrons. The minimum atomic E-state index is -0.474. The van der Waals surface area contributed by atoms with E-state index < -0.39 is 5.91 Å². The first kappa shape index (κ1) is 22.7. The SMILES string of the molecule is Cc1ccc(F)c2c1C(CCNC(=O)c1cc3ccc(-c4cccc(C(N)=O)c4)cc3[nH]1)C(C)N2. The molecule has 5 rings (SSSR count). The number of carbonyl (C=O) groups is 2. The van der Waals surface area contributed by atoms with E-state index in [1.807, 2.05) is 50.2 Å². The second-order valence-electron chi connectivity index (χ2n) is 9.17. The number of aryl methyl sites for hydroxylation is 1. The average molecular weight is 471 g/mol. The monoisotopic (exact) mass is 470 g/mol. The Bertz CT molecular complexity index is 1460. The number of aromatic nitrogens is 1. The van der Waals surface area contributed by atoms with Gasteiger partial charge in [0.2, 0.25) is 5.91 Å². The Kier molecular flexibility index (Phi) is 5.76. The van der Waals surface area contributed by atoms with Gasteiger partial charge in [-0.05, 0) is 72.9 Å². The lowest BCUT2D eigenvalue weighted by molar-refractivity contribution is 0.0947. The van der Waals surface area contributed by atoms with E-state index in [1.54, 1.807) is 18.2 Å². The second kappa shape index (κ2) is 8.91. The number of halogens is 1. The van der Waals surface area contributed by atoms with E-state index >= 15 is 0 Å². The van der Waals surface area contributed by atoms with Crippen molar-refractivity contribution < 1.29 is 14.0 Å². The van der Waals surface area contributed by atoms with E-state index in [0.717, 1.165) is 33.2 Å². The predicted molar refractivity (Wildman–Crippen MR) is 136 cm³/mol. The standard InChI is InChI=1S/C28H27FN4O2/c1-15-6-9-22(29)26-25(15)21(16(2)32-26)10-11-31-28(35)24-14-19-8-7-18(13-23(19)33-24)17-4-3-5-20(12-17)27(30)34/h3-9,12-14,16,21,32-33H,10-11H2,1-2H3,(H2,30,34)(H,31,35). The summed E-state index contributed by atoms with van der Waals surface area (Å²) in [4.78, 5) is 27.5. The van der Waals surface area contributed by atoms with Crippen LogP contribution in [0.5, 0.6) is 0 Å². The van der Waals surface area contributed by atoms with Crippen molar-refractivity contribution in [1.29, 1.82) is 0 Å². The third-order valence-electron chi connectivity index (χ3n) is 6.85. The molecule has 1 aromatic heterocycles. The summed E-state index contributed by atoms with van der Waals surface area (Å²) in [6.45, 7) is 4.51. The van der Waals surface area contributed by atoms with Crippen LogP contribution in [0.3, 0.4) is 0 Å². The number of rotatable bonds is 6. The van der Waals surface area contributed by atoms with Crippen LogP contribution in [-0.2, 0) is 0 Å². The van der Waals surface area contributed by atoms with E-state index in [-0.39, 0.29) is 23.7 Å². The van der Waals surface area contributed by atoms with Gasteiger partial charge in [-0.25, -0.2) is 4.39 Å². The molecule has 0 saturated carbocycles. The van der Waals surface area contributed by atoms with E-state index in [2.05, 4.69) is 15.6 Å². The molecule has 2 atom stereocenters. The predicted octanol–water partition coefficient (Wildman–Crippen LogP) is 5.10. The number of nitrogens with one attached hydrogen (secondary N) is 3. The van der Waals surface area contributed by atoms with Gasteiger partial charge in [-0.2, -0.15) is 0 Å². The molecule has 0 fully saturated rings. The van der Waals surface area contributed by atoms with Gasteiger partial charge in [-0.15, -0.1) is 0 Å². The molecular formula is C28H27FN4O2. The lowest BCUT2D eigenvalue weighted by Gasteiger charge is -2.17. The van der Waals surface area contributed by atoms with Gasteiger partial charge in [0.05, 0.1) is 5.69 Å². The molecule has 6 nitrogen and oxygen atoms in total. The summed E-state index contributed by atoms with van der Waals surface area (Å²) in [5, 5.41) is 7.16. The number of benzene rings is 3. The topological polar surface area (TPSA) is 100 Å². The maximum absolute atomic E-state index is 14.2. The zero-order valence-corrected chi connectivity index (χ0v) is 19.6. The Hall–Kier alpha value is -4.13. The average Bonchev–Trinajstić information content (AvgIpc) is 3.43. The molecule has 0 aliphatic carbocycles. The molecule has 0 spiro atoms. The summed E-state index contributed by atoms with van der Waals surface area (Å²) < 4.78 is 14.2. The molecular weight excluding hydrogens is 443 g/mol. The van der Waals surface area contributed by atoms with Crippen molar-refractivity contribution in [2.45, 2.75) is 32.2 Å². The maximum atomic E-state index is 14.2. The molecule has 1 aliphatic heterocycles. The zero-order chi connectivity index (χ0) is 24.7. The van der Waals surface area contributed by atoms with Crippen molar-refractivity contribution in [3.05, 3.63) is 88.9 Å². The fourth-order valence-corrected chi connectivity index (χ4v) is 5.01. The Morgan fingerprint density at radius 1 is 1.06 bits per heavy atom. The highest BCUT2D eigenvalue weighted by Gasteiger charge is 2.32. The van der Waals surface area contributed by atoms with Crippen LogP contribution in [0.1, 0.15) is 51.2 Å². The molecule has 35 heavy (non-hydrogen) atoms. The third kappa shape index (κ3) is 4.25. The minimum absolute atomic E-state index is 0.0945. The molecule has 2 amide bonds. The number of nitrogens with two attached hydrogens (primary N) is 1. The Morgan fingerprint density at radius 3 is 2.66 bits per heavy atom. The fourth-order valence-electron chi connectivity index (χ4n) is 5.01. The number of aromatic amines is 1. The molecule has 2 heterocycles. The van der Waals surface area contributed by atoms with Crippen LogP contribution in [-0.4, -0.2) is 29.4 Å². The van der Waals surface area contributed by atoms with Gasteiger partial charge in [0.25, 0.3) is 5.91 Å². The highest BCUT2D eigenvalue weighted by molar-refractivity contribution is 5.99. The van der Waals surface area contributed by atoms with Gasteiger partial charge in [-0.3, -0.25) is 9.59 Å². The summed E-state index contributed by atoms with van der Waals surface area (Å²) in [7, 11) is 0. The number of hydrogen-bond acceptors (Lipinski definition) is 3. The van der Waals surface area contributed by atoms with Crippen LogP contribution in [0.15, 0.2) is 60.7 Å². The van der Waals surface area contributed by atoms with Gasteiger partial charge in [-0.1, -0.05) is 30.3 Å². The number of carbonyl (C=O) groups excluding carboxylic acids is 2. The number of primary amides is 1. The van der Waals surface area contributed by atoms with Gasteiger partial charge in [0.1, 0.15) is 11.5 Å². The van der Waals surface area contributed by atoms with Crippen LogP contribution >= 0.6 is 0 Å². The van der Waals surface area contributed by atoms with E-state index in [1.165, 1.54) is 6.07 Å². The summed E-state index contributed by atoms with van der Waals surface area (Å²) >= 11 is 0. The lowest BCUT2D eigenvalue weighted by Crippen LogP contribution is -2.27. The molecule has 7 heteroatoms. The van der Waals surface area contributed by atoms with Crippen molar-refractivity contribution in [2.24, 2.45) is 5.73 Å². The number of hydrogen-bond donors (Lipinski definition) is 4. The highest BCUT2D eigenvalue weighted by Crippen LogP contribution is 2.41. The second-order valence-corrected chi connectivity index (χ2v) is 9.17. The molecule has 2 unspecified atom stereocenters. The van der Waals surface area contributed by atoms with Gasteiger partial charge in [0.15, 0.2) is 0 Å². The molecule has 178 valence electrons. The number of anilines is 1. The van der Waals surface area contributed by atoms with Gasteiger partial charge in [0, 0.05) is 35.0 Å². The molecule has 5 N–H and O–H groups in total. The Morgan fingerprint density at radius 2 is 1.86 bits per heavy atom. The van der Waals surface area contributed by atoms with Crippen molar-refractivity contribution in [2.75, 3.05) is 11.9 Å². The molecule has 3 aromatic carbocycles. The molecule has 0 saturated heterocycles. The summed E-state index contributed by atoms with van der Waals surface area (Å²) in [6.07, 6.45) is 0.706. The van der Waals surface area contributed by atoms with Crippen LogP contribution < -0.4 is 16.4 Å². The van der Waals surface area contributed by atoms with Gasteiger partial charge >= 0.3 is 0 Å². The van der Waals surface area contributed by atoms with Crippen LogP contribution in [0.2, 0.25) is 0 Å². The largest absolute Gasteiger partial charge is 0.379 e. The lowest BCUT2D eigenvalue weighted by atomic mass is 9.89. The van der Waals surface area contributed by atoms with E-state index in [4.69, 9.17) is 5.73 Å². The molecule has 0 bridgehead atoms. The van der Waals surface area contributed by atoms with Crippen molar-refractivity contribution in [1.82, 2.24) is 10.3 Å². The Labute approximate surface area is 202 Å². The number of H-pyrrole nitrogens is 1. The summed E-state index contributed by atoms with van der Waals surface area (Å²) in [5.74, 6) is -0.767. The Balaban J connectivity index is 1.29. The first-order chi connectivity index (χ1) is 16.8. The van der Waals surface area contributed by atoms with Crippen LogP contribution in [0, 0.1) is 12.7 Å². The summed E-state index contributed by atoms with van der Waals surface area (Å²) in [5.41, 5.74) is 11.6. The van der Waals surface area contributed by atoms with E-state index in [0.29, 0.717) is 29.9 Å². The highest BCUT2D eigenvalue weighted by atomic mass is 19.1. The van der Waals surface area contributed by atoms with Gasteiger partial charge < -0.3 is 21.4 Å². The quantitative estimate of drug-likeness (QED) is 0.315. The van der Waals surface area contributed by atoms with Crippen molar-refractivity contribution in [3.8, 4) is 11.1 Å². The number of fused-ring (bicyclic) bond motifs is 2. The number of amides is 2. The first-order valence-corrected chi connectivity index (χ1v) is 11.7. The molecule has 4 aromatic rings. The maximum Gasteiger partial charge on any atom is 0.267 e. The first-order valence-electron chi connectivity index (χ1n) is 11.7. The van der Waals surface area contributed by atoms with Crippen molar-refractivity contribution >= 4 is 28.4 Å². The fraction of sp³-hybridized carbons (Fsp3) is 0.214. The summed E-state index contributed by atoms with van der Waals surface area (Å²) in [6, 6.07) is 18.2. The van der Waals surface area contributed by atoms with E-state index in [9.17, 15) is 14.0 Å². The third-order valence-corrected chi connectivity index (χ3v) is 6.85. The zero-order valence-electron chi connectivity index (χ0n) is 19.6. The normalized spacial score (nSPS) is 16.7. The van der Waals surface area contributed by atoms with Crippen LogP contribution in [0.4, 0.5) is 10.1 Å². The molecule has 1 aliphatic rings. The smallest absolute Gasteiger partial charge is 0.267 e. The van der Waals surface area contributed by atoms with Crippen LogP contribution in [0.25, 0.3) is 22.0 Å².